The molecule has 0 aliphatic rings. The summed E-state index contributed by atoms with van der Waals surface area (Å²) in [6, 6.07) is 70.5. The van der Waals surface area contributed by atoms with E-state index in [2.05, 4.69) is 203 Å². The van der Waals surface area contributed by atoms with E-state index in [-0.39, 0.29) is 0 Å². The Kier molecular flexibility index (Phi) is 6.53. The third-order valence-electron chi connectivity index (χ3n) is 10.1. The largest absolute Gasteiger partial charge is 0.310 e. The summed E-state index contributed by atoms with van der Waals surface area (Å²) in [7, 11) is 0. The molecule has 0 amide bonds. The van der Waals surface area contributed by atoms with Crippen molar-refractivity contribution >= 4 is 65.9 Å². The van der Waals surface area contributed by atoms with Crippen LogP contribution in [0.5, 0.6) is 0 Å². The Morgan fingerprint density at radius 3 is 1.68 bits per heavy atom. The van der Waals surface area contributed by atoms with Crippen molar-refractivity contribution in [2.24, 2.45) is 0 Å². The number of nitrogens with zero attached hydrogens (tertiary/aromatic N) is 2. The molecule has 50 heavy (non-hydrogen) atoms. The fraction of sp³-hybridized carbons (Fsp3) is 0. The number of rotatable bonds is 5. The average molecular weight is 637 g/mol. The molecular weight excluding hydrogens is 605 g/mol. The maximum absolute atomic E-state index is 2.43. The van der Waals surface area contributed by atoms with Crippen molar-refractivity contribution < 1.29 is 0 Å². The van der Waals surface area contributed by atoms with Crippen molar-refractivity contribution in [1.82, 2.24) is 4.40 Å². The lowest BCUT2D eigenvalue weighted by Crippen LogP contribution is -2.11. The van der Waals surface area contributed by atoms with Crippen LogP contribution in [-0.4, -0.2) is 4.40 Å². The van der Waals surface area contributed by atoms with Gasteiger partial charge < -0.3 is 9.30 Å². The van der Waals surface area contributed by atoms with Crippen molar-refractivity contribution in [3.05, 3.63) is 194 Å². The first-order valence-electron chi connectivity index (χ1n) is 17.2. The van der Waals surface area contributed by atoms with Gasteiger partial charge in [0, 0.05) is 33.1 Å². The highest BCUT2D eigenvalue weighted by Gasteiger charge is 2.20. The van der Waals surface area contributed by atoms with Gasteiger partial charge in [0.05, 0.1) is 22.2 Å². The summed E-state index contributed by atoms with van der Waals surface area (Å²) in [5.41, 5.74) is 11.9. The van der Waals surface area contributed by atoms with Crippen LogP contribution < -0.4 is 4.90 Å². The van der Waals surface area contributed by atoms with Crippen molar-refractivity contribution in [3.8, 4) is 22.3 Å². The van der Waals surface area contributed by atoms with E-state index in [1.54, 1.807) is 0 Å². The summed E-state index contributed by atoms with van der Waals surface area (Å²) in [5.74, 6) is 0. The molecule has 2 aromatic heterocycles. The minimum absolute atomic E-state index is 1.11. The van der Waals surface area contributed by atoms with E-state index < -0.39 is 0 Å². The summed E-state index contributed by atoms with van der Waals surface area (Å²) in [6.07, 6.45) is 0. The fourth-order valence-electron chi connectivity index (χ4n) is 7.85. The van der Waals surface area contributed by atoms with Crippen LogP contribution in [0.4, 0.5) is 17.1 Å². The molecule has 10 aromatic rings. The Morgan fingerprint density at radius 1 is 0.320 bits per heavy atom. The summed E-state index contributed by atoms with van der Waals surface area (Å²) in [5, 5.41) is 7.41. The Morgan fingerprint density at radius 2 is 0.900 bits per heavy atom. The highest BCUT2D eigenvalue weighted by molar-refractivity contribution is 6.15. The second-order valence-electron chi connectivity index (χ2n) is 13.0. The van der Waals surface area contributed by atoms with Crippen LogP contribution in [0.25, 0.3) is 71.1 Å². The average Bonchev–Trinajstić information content (AvgIpc) is 3.54. The molecule has 0 aliphatic carbocycles. The first-order valence-corrected chi connectivity index (χ1v) is 17.2. The van der Waals surface area contributed by atoms with Crippen molar-refractivity contribution in [2.75, 3.05) is 4.90 Å². The standard InChI is InChI=1S/C48H32N2/c1-3-13-33(14-4-1)34-23-26-38(27-24-34)49(47-32-36-17-7-8-18-40(36)41-19-9-10-20-42(41)47)39-28-30-44-37(31-39)25-29-46-48(35-15-5-2-6-16-35)43-21-11-12-22-45(43)50(44)46/h1-32H. The topological polar surface area (TPSA) is 7.65 Å². The maximum Gasteiger partial charge on any atom is 0.0547 e. The van der Waals surface area contributed by atoms with Gasteiger partial charge in [0.25, 0.3) is 0 Å². The lowest BCUT2D eigenvalue weighted by Gasteiger charge is -2.28. The molecule has 0 aliphatic heterocycles. The third kappa shape index (κ3) is 4.50. The van der Waals surface area contributed by atoms with E-state index in [4.69, 9.17) is 0 Å². The van der Waals surface area contributed by atoms with Gasteiger partial charge >= 0.3 is 0 Å². The Hall–Kier alpha value is -6.64. The quantitative estimate of drug-likeness (QED) is 0.171. The number of para-hydroxylation sites is 1. The predicted molar refractivity (Wildman–Crippen MR) is 213 cm³/mol. The molecule has 10 rings (SSSR count). The van der Waals surface area contributed by atoms with Gasteiger partial charge in [-0.25, -0.2) is 0 Å². The van der Waals surface area contributed by atoms with Gasteiger partial charge in [-0.05, 0) is 81.4 Å². The molecule has 0 saturated heterocycles. The molecule has 0 radical (unpaired) electrons. The molecule has 0 unspecified atom stereocenters. The van der Waals surface area contributed by atoms with Gasteiger partial charge in [-0.1, -0.05) is 146 Å². The van der Waals surface area contributed by atoms with Crippen LogP contribution >= 0.6 is 0 Å². The van der Waals surface area contributed by atoms with Crippen LogP contribution in [0, 0.1) is 0 Å². The first-order chi connectivity index (χ1) is 24.8. The van der Waals surface area contributed by atoms with Gasteiger partial charge in [0.2, 0.25) is 0 Å². The van der Waals surface area contributed by atoms with Crippen LogP contribution in [0.15, 0.2) is 194 Å². The summed E-state index contributed by atoms with van der Waals surface area (Å²) in [4.78, 5) is 2.43. The van der Waals surface area contributed by atoms with Gasteiger partial charge in [-0.3, -0.25) is 0 Å². The van der Waals surface area contributed by atoms with Crippen LogP contribution in [0.1, 0.15) is 0 Å². The Bertz CT molecular complexity index is 2850. The molecule has 0 N–H and O–H groups in total. The summed E-state index contributed by atoms with van der Waals surface area (Å²) >= 11 is 0. The second-order valence-corrected chi connectivity index (χ2v) is 13.0. The zero-order chi connectivity index (χ0) is 33.0. The van der Waals surface area contributed by atoms with Gasteiger partial charge in [0.1, 0.15) is 0 Å². The highest BCUT2D eigenvalue weighted by Crippen LogP contribution is 2.44. The fourth-order valence-corrected chi connectivity index (χ4v) is 7.85. The minimum atomic E-state index is 1.11. The zero-order valence-corrected chi connectivity index (χ0v) is 27.4. The normalized spacial score (nSPS) is 11.6. The second kappa shape index (κ2) is 11.5. The molecule has 0 spiro atoms. The van der Waals surface area contributed by atoms with Crippen LogP contribution in [0.3, 0.4) is 0 Å². The monoisotopic (exact) mass is 636 g/mol. The first kappa shape index (κ1) is 28.4. The Balaban J connectivity index is 1.22. The predicted octanol–water partition coefficient (Wildman–Crippen LogP) is 13.4. The third-order valence-corrected chi connectivity index (χ3v) is 10.1. The van der Waals surface area contributed by atoms with E-state index in [1.165, 1.54) is 71.1 Å². The summed E-state index contributed by atoms with van der Waals surface area (Å²) < 4.78 is 2.43. The van der Waals surface area contributed by atoms with Gasteiger partial charge in [-0.2, -0.15) is 0 Å². The molecule has 0 bridgehead atoms. The summed E-state index contributed by atoms with van der Waals surface area (Å²) in [6.45, 7) is 0. The number of hydrogen-bond acceptors (Lipinski definition) is 1. The van der Waals surface area contributed by atoms with Crippen molar-refractivity contribution in [1.29, 1.82) is 0 Å². The van der Waals surface area contributed by atoms with Gasteiger partial charge in [0.15, 0.2) is 0 Å². The Labute approximate surface area is 290 Å². The van der Waals surface area contributed by atoms with Gasteiger partial charge in [-0.15, -0.1) is 0 Å². The molecule has 8 aromatic carbocycles. The number of fused-ring (bicyclic) bond motifs is 8. The molecule has 0 saturated carbocycles. The number of hydrogen-bond donors (Lipinski definition) is 0. The van der Waals surface area contributed by atoms with Crippen LogP contribution in [-0.2, 0) is 0 Å². The molecule has 2 heterocycles. The van der Waals surface area contributed by atoms with E-state index in [9.17, 15) is 0 Å². The van der Waals surface area contributed by atoms with E-state index in [0.29, 0.717) is 0 Å². The lowest BCUT2D eigenvalue weighted by molar-refractivity contribution is 1.29. The smallest absolute Gasteiger partial charge is 0.0547 e. The minimum Gasteiger partial charge on any atom is -0.310 e. The molecule has 234 valence electrons. The number of benzene rings is 8. The number of anilines is 3. The number of pyridine rings is 1. The molecule has 2 heteroatoms. The maximum atomic E-state index is 2.43. The number of aromatic nitrogens is 1. The zero-order valence-electron chi connectivity index (χ0n) is 27.4. The van der Waals surface area contributed by atoms with Crippen molar-refractivity contribution in [3.63, 3.8) is 0 Å². The van der Waals surface area contributed by atoms with Crippen LogP contribution in [0.2, 0.25) is 0 Å². The van der Waals surface area contributed by atoms with Crippen molar-refractivity contribution in [2.45, 2.75) is 0 Å². The molecule has 2 nitrogen and oxygen atoms in total. The van der Waals surface area contributed by atoms with E-state index >= 15 is 0 Å². The molecule has 0 fully saturated rings. The highest BCUT2D eigenvalue weighted by atomic mass is 15.1. The molecular formula is C48H32N2. The van der Waals surface area contributed by atoms with E-state index in [0.717, 1.165) is 17.1 Å². The lowest BCUT2D eigenvalue weighted by atomic mass is 9.98. The SMILES string of the molecule is c1ccc(-c2ccc(N(c3ccc4c(ccc5c(-c6ccccc6)c6ccccc6n54)c3)c3cc4ccccc4c4ccccc34)cc2)cc1. The van der Waals surface area contributed by atoms with E-state index in [1.807, 2.05) is 0 Å². The molecule has 0 atom stereocenters.